The van der Waals surface area contributed by atoms with E-state index in [2.05, 4.69) is 32.8 Å². The van der Waals surface area contributed by atoms with Crippen molar-refractivity contribution >= 4 is 17.3 Å². The largest absolute Gasteiger partial charge is 0.594 e. The van der Waals surface area contributed by atoms with E-state index in [9.17, 15) is 10.0 Å². The van der Waals surface area contributed by atoms with Crippen molar-refractivity contribution in [3.8, 4) is 0 Å². The van der Waals surface area contributed by atoms with Crippen molar-refractivity contribution in [1.82, 2.24) is 0 Å². The Kier molecular flexibility index (Phi) is 4.34. The second-order valence-electron chi connectivity index (χ2n) is 8.22. The van der Waals surface area contributed by atoms with Crippen LogP contribution in [0.4, 0.5) is 11.4 Å². The van der Waals surface area contributed by atoms with Gasteiger partial charge in [0.05, 0.1) is 5.56 Å². The van der Waals surface area contributed by atoms with Crippen LogP contribution in [-0.2, 0) is 10.8 Å². The molecular weight excluding hydrogens is 328 g/mol. The highest BCUT2D eigenvalue weighted by Crippen LogP contribution is 2.46. The molecule has 0 fully saturated rings. The number of carboxylic acids is 1. The molecule has 1 N–H and O–H groups in total. The number of carboxylic acid groups (broad SMARTS) is 1. The second kappa shape index (κ2) is 6.24. The Morgan fingerprint density at radius 2 is 1.58 bits per heavy atom. The summed E-state index contributed by atoms with van der Waals surface area (Å²) in [5.41, 5.74) is 3.67. The van der Waals surface area contributed by atoms with Gasteiger partial charge in [0.2, 0.25) is 5.69 Å². The third-order valence-corrected chi connectivity index (χ3v) is 5.38. The van der Waals surface area contributed by atoms with E-state index in [1.807, 2.05) is 18.2 Å². The van der Waals surface area contributed by atoms with Crippen molar-refractivity contribution in [2.24, 2.45) is 5.11 Å². The first-order valence-corrected chi connectivity index (χ1v) is 8.77. The summed E-state index contributed by atoms with van der Waals surface area (Å²) in [4.78, 5) is 11.5. The number of hydrogen-bond acceptors (Lipinski definition) is 3. The second-order valence-corrected chi connectivity index (χ2v) is 8.22. The highest BCUT2D eigenvalue weighted by atomic mass is 16.5. The Morgan fingerprint density at radius 1 is 1.00 bits per heavy atom. The molecule has 0 radical (unpaired) electrons. The van der Waals surface area contributed by atoms with Gasteiger partial charge < -0.3 is 10.3 Å². The molecule has 0 bridgehead atoms. The summed E-state index contributed by atoms with van der Waals surface area (Å²) in [6.07, 6.45) is 2.19. The number of aromatic carboxylic acids is 1. The normalized spacial score (nSPS) is 18.2. The van der Waals surface area contributed by atoms with Crippen molar-refractivity contribution in [3.05, 3.63) is 64.4 Å². The molecule has 0 aromatic heterocycles. The van der Waals surface area contributed by atoms with Gasteiger partial charge in [-0.25, -0.2) is 4.79 Å². The van der Waals surface area contributed by atoms with E-state index >= 15 is 0 Å². The fourth-order valence-electron chi connectivity index (χ4n) is 3.53. The van der Waals surface area contributed by atoms with E-state index in [0.29, 0.717) is 16.2 Å². The standard InChI is InChI=1S/C21H24N2O3/c1-20(2)11-12-21(3,4)18-13-16(9-10-17(18)20)23(26)22-15-7-5-14(6-8-15)19(24)25/h5-10,13H,11-12H2,1-4H3,(H,24,25). The molecule has 1 aliphatic rings. The monoisotopic (exact) mass is 352 g/mol. The maximum Gasteiger partial charge on any atom is 0.335 e. The van der Waals surface area contributed by atoms with Crippen LogP contribution < -0.4 is 0 Å². The van der Waals surface area contributed by atoms with Crippen molar-refractivity contribution in [2.45, 2.75) is 51.4 Å². The van der Waals surface area contributed by atoms with Gasteiger partial charge in [-0.2, -0.15) is 0 Å². The highest BCUT2D eigenvalue weighted by Gasteiger charge is 2.37. The number of hydrogen-bond donors (Lipinski definition) is 1. The molecule has 0 aliphatic heterocycles. The first-order valence-electron chi connectivity index (χ1n) is 8.77. The van der Waals surface area contributed by atoms with Gasteiger partial charge in [-0.3, -0.25) is 0 Å². The lowest BCUT2D eigenvalue weighted by Crippen LogP contribution is -2.33. The van der Waals surface area contributed by atoms with Crippen LogP contribution in [0.25, 0.3) is 0 Å². The van der Waals surface area contributed by atoms with E-state index in [1.54, 1.807) is 0 Å². The van der Waals surface area contributed by atoms with Gasteiger partial charge in [-0.1, -0.05) is 38.6 Å². The number of benzene rings is 2. The summed E-state index contributed by atoms with van der Waals surface area (Å²) in [7, 11) is 0. The predicted molar refractivity (Wildman–Crippen MR) is 101 cm³/mol. The quantitative estimate of drug-likeness (QED) is 0.440. The Balaban J connectivity index is 1.98. The van der Waals surface area contributed by atoms with E-state index in [-0.39, 0.29) is 16.4 Å². The molecule has 5 nitrogen and oxygen atoms in total. The molecule has 3 rings (SSSR count). The average Bonchev–Trinajstić information content (AvgIpc) is 2.59. The summed E-state index contributed by atoms with van der Waals surface area (Å²) in [6, 6.07) is 11.7. The molecule has 0 saturated heterocycles. The molecule has 0 amide bonds. The SMILES string of the molecule is CC1(C)CCC(C)(C)c2cc([N+]([O-])=Nc3ccc(C(=O)O)cc3)ccc21. The first kappa shape index (κ1) is 18.1. The molecule has 1 aliphatic carbocycles. The van der Waals surface area contributed by atoms with Crippen LogP contribution in [0.1, 0.15) is 62.0 Å². The van der Waals surface area contributed by atoms with Crippen LogP contribution >= 0.6 is 0 Å². The van der Waals surface area contributed by atoms with Gasteiger partial charge in [-0.05, 0) is 59.1 Å². The van der Waals surface area contributed by atoms with Gasteiger partial charge in [-0.15, -0.1) is 0 Å². The summed E-state index contributed by atoms with van der Waals surface area (Å²) in [5, 5.41) is 25.5. The minimum Gasteiger partial charge on any atom is -0.594 e. The maximum atomic E-state index is 12.5. The molecule has 0 saturated carbocycles. The lowest BCUT2D eigenvalue weighted by molar-refractivity contribution is -0.435. The average molecular weight is 352 g/mol. The molecule has 136 valence electrons. The zero-order valence-electron chi connectivity index (χ0n) is 15.6. The molecule has 0 heterocycles. The third kappa shape index (κ3) is 3.34. The van der Waals surface area contributed by atoms with Crippen molar-refractivity contribution < 1.29 is 14.8 Å². The molecule has 26 heavy (non-hydrogen) atoms. The minimum absolute atomic E-state index is 0.0187. The molecule has 0 atom stereocenters. The van der Waals surface area contributed by atoms with Crippen molar-refractivity contribution in [1.29, 1.82) is 0 Å². The fraction of sp³-hybridized carbons (Fsp3) is 0.381. The van der Waals surface area contributed by atoms with E-state index in [4.69, 9.17) is 5.11 Å². The van der Waals surface area contributed by atoms with Crippen molar-refractivity contribution in [2.75, 3.05) is 0 Å². The number of azo groups is 1. The topological polar surface area (TPSA) is 75.7 Å². The van der Waals surface area contributed by atoms with Crippen LogP contribution in [0.2, 0.25) is 0 Å². The van der Waals surface area contributed by atoms with E-state index in [1.165, 1.54) is 35.4 Å². The molecular formula is C21H24N2O3. The maximum absolute atomic E-state index is 12.5. The van der Waals surface area contributed by atoms with Crippen LogP contribution in [0.15, 0.2) is 47.6 Å². The Hall–Kier alpha value is -2.69. The highest BCUT2D eigenvalue weighted by molar-refractivity contribution is 5.87. The summed E-state index contributed by atoms with van der Waals surface area (Å²) >= 11 is 0. The van der Waals surface area contributed by atoms with Gasteiger partial charge in [0.25, 0.3) is 0 Å². The number of nitrogens with zero attached hydrogens (tertiary/aromatic N) is 2. The van der Waals surface area contributed by atoms with Crippen LogP contribution in [0.3, 0.4) is 0 Å². The van der Waals surface area contributed by atoms with E-state index < -0.39 is 5.97 Å². The third-order valence-electron chi connectivity index (χ3n) is 5.38. The predicted octanol–water partition coefficient (Wildman–Crippen LogP) is 5.66. The summed E-state index contributed by atoms with van der Waals surface area (Å²) in [6.45, 7) is 8.90. The van der Waals surface area contributed by atoms with Gasteiger partial charge in [0.15, 0.2) is 0 Å². The smallest absolute Gasteiger partial charge is 0.335 e. The molecule has 2 aromatic rings. The lowest BCUT2D eigenvalue weighted by atomic mass is 9.63. The van der Waals surface area contributed by atoms with E-state index in [0.717, 1.165) is 12.8 Å². The molecule has 0 spiro atoms. The summed E-state index contributed by atoms with van der Waals surface area (Å²) in [5.74, 6) is -1.00. The number of fused-ring (bicyclic) bond motifs is 1. The Bertz CT molecular complexity index is 881. The van der Waals surface area contributed by atoms with Crippen LogP contribution in [0.5, 0.6) is 0 Å². The van der Waals surface area contributed by atoms with Gasteiger partial charge in [0.1, 0.15) is 5.69 Å². The number of rotatable bonds is 3. The summed E-state index contributed by atoms with van der Waals surface area (Å²) < 4.78 is 0. The first-order chi connectivity index (χ1) is 12.1. The molecule has 5 heteroatoms. The van der Waals surface area contributed by atoms with Gasteiger partial charge >= 0.3 is 5.97 Å². The van der Waals surface area contributed by atoms with Crippen molar-refractivity contribution in [3.63, 3.8) is 0 Å². The van der Waals surface area contributed by atoms with Gasteiger partial charge in [0, 0.05) is 17.2 Å². The molecule has 0 unspecified atom stereocenters. The minimum atomic E-state index is -1.00. The lowest BCUT2D eigenvalue weighted by Gasteiger charge is -2.41. The number of carbonyl (C=O) groups is 1. The Morgan fingerprint density at radius 3 is 2.15 bits per heavy atom. The zero-order chi connectivity index (χ0) is 19.1. The molecule has 2 aromatic carbocycles. The zero-order valence-corrected chi connectivity index (χ0v) is 15.6. The fourth-order valence-corrected chi connectivity index (χ4v) is 3.53. The van der Waals surface area contributed by atoms with Crippen LogP contribution in [0, 0.1) is 5.21 Å². The Labute approximate surface area is 153 Å². The van der Waals surface area contributed by atoms with Crippen LogP contribution in [-0.4, -0.2) is 15.9 Å².